The summed E-state index contributed by atoms with van der Waals surface area (Å²) in [6, 6.07) is 7.04. The molecular weight excluding hydrogens is 256 g/mol. The Kier molecular flexibility index (Phi) is 3.28. The summed E-state index contributed by atoms with van der Waals surface area (Å²) in [6.45, 7) is 1.81. The fourth-order valence-corrected chi connectivity index (χ4v) is 2.65. The second-order valence-electron chi connectivity index (χ2n) is 4.97. The minimum absolute atomic E-state index is 0.288. The molecule has 1 atom stereocenters. The van der Waals surface area contributed by atoms with E-state index in [0.717, 1.165) is 25.2 Å². The maximum Gasteiger partial charge on any atom is 0.336 e. The number of rotatable bonds is 3. The number of aromatic carboxylic acids is 1. The van der Waals surface area contributed by atoms with Crippen molar-refractivity contribution >= 4 is 16.9 Å². The van der Waals surface area contributed by atoms with E-state index in [2.05, 4.69) is 10.3 Å². The lowest BCUT2D eigenvalue weighted by Gasteiger charge is -2.12. The number of fused-ring (bicyclic) bond motifs is 1. The molecule has 2 heterocycles. The van der Waals surface area contributed by atoms with Crippen LogP contribution in [0.15, 0.2) is 24.3 Å². The average molecular weight is 272 g/mol. The smallest absolute Gasteiger partial charge is 0.336 e. The van der Waals surface area contributed by atoms with Crippen LogP contribution in [0.5, 0.6) is 5.75 Å². The SMILES string of the molecule is COc1ccc2nc(C3CCNC3)cc(C(=O)O)c2c1. The highest BCUT2D eigenvalue weighted by atomic mass is 16.5. The monoisotopic (exact) mass is 272 g/mol. The van der Waals surface area contributed by atoms with Crippen molar-refractivity contribution in [2.45, 2.75) is 12.3 Å². The first-order chi connectivity index (χ1) is 9.69. The van der Waals surface area contributed by atoms with Gasteiger partial charge in [-0.1, -0.05) is 0 Å². The molecule has 1 aliphatic heterocycles. The summed E-state index contributed by atoms with van der Waals surface area (Å²) in [4.78, 5) is 16.1. The minimum atomic E-state index is -0.933. The predicted molar refractivity (Wildman–Crippen MR) is 75.5 cm³/mol. The van der Waals surface area contributed by atoms with E-state index in [1.54, 1.807) is 25.3 Å². The summed E-state index contributed by atoms with van der Waals surface area (Å²) < 4.78 is 5.16. The third-order valence-electron chi connectivity index (χ3n) is 3.74. The van der Waals surface area contributed by atoms with Gasteiger partial charge in [-0.05, 0) is 37.2 Å². The fourth-order valence-electron chi connectivity index (χ4n) is 2.65. The lowest BCUT2D eigenvalue weighted by Crippen LogP contribution is -2.10. The molecule has 1 aliphatic rings. The topological polar surface area (TPSA) is 71.5 Å². The van der Waals surface area contributed by atoms with Gasteiger partial charge in [0.15, 0.2) is 0 Å². The fraction of sp³-hybridized carbons (Fsp3) is 0.333. The van der Waals surface area contributed by atoms with Gasteiger partial charge in [-0.15, -0.1) is 0 Å². The Balaban J connectivity index is 2.18. The number of methoxy groups -OCH3 is 1. The van der Waals surface area contributed by atoms with Crippen LogP contribution < -0.4 is 10.1 Å². The first-order valence-electron chi connectivity index (χ1n) is 6.61. The number of aromatic nitrogens is 1. The Hall–Kier alpha value is -2.14. The van der Waals surface area contributed by atoms with E-state index in [1.807, 2.05) is 6.07 Å². The molecule has 1 unspecified atom stereocenters. The normalized spacial score (nSPS) is 18.4. The van der Waals surface area contributed by atoms with E-state index in [0.29, 0.717) is 22.6 Å². The number of carboxylic acids is 1. The van der Waals surface area contributed by atoms with Crippen LogP contribution in [0, 0.1) is 0 Å². The first-order valence-corrected chi connectivity index (χ1v) is 6.61. The second-order valence-corrected chi connectivity index (χ2v) is 4.97. The molecule has 20 heavy (non-hydrogen) atoms. The van der Waals surface area contributed by atoms with Crippen LogP contribution in [0.1, 0.15) is 28.4 Å². The lowest BCUT2D eigenvalue weighted by atomic mass is 9.99. The van der Waals surface area contributed by atoms with Gasteiger partial charge in [0.25, 0.3) is 0 Å². The maximum atomic E-state index is 11.5. The highest BCUT2D eigenvalue weighted by Crippen LogP contribution is 2.28. The molecule has 0 radical (unpaired) electrons. The zero-order chi connectivity index (χ0) is 14.1. The Morgan fingerprint density at radius 3 is 2.95 bits per heavy atom. The molecule has 0 bridgehead atoms. The number of benzene rings is 1. The van der Waals surface area contributed by atoms with Crippen molar-refractivity contribution in [1.82, 2.24) is 10.3 Å². The number of nitrogens with zero attached hydrogens (tertiary/aromatic N) is 1. The van der Waals surface area contributed by atoms with Crippen molar-refractivity contribution in [2.75, 3.05) is 20.2 Å². The third-order valence-corrected chi connectivity index (χ3v) is 3.74. The Bertz CT molecular complexity index is 663. The molecule has 1 aromatic heterocycles. The predicted octanol–water partition coefficient (Wildman–Crippen LogP) is 2.02. The molecule has 5 nitrogen and oxygen atoms in total. The molecule has 1 saturated heterocycles. The second kappa shape index (κ2) is 5.09. The van der Waals surface area contributed by atoms with Crippen LogP contribution in [0.3, 0.4) is 0 Å². The van der Waals surface area contributed by atoms with Gasteiger partial charge in [0.2, 0.25) is 0 Å². The summed E-state index contributed by atoms with van der Waals surface area (Å²) in [5.41, 5.74) is 1.84. The van der Waals surface area contributed by atoms with Crippen LogP contribution in [-0.2, 0) is 0 Å². The molecule has 1 aromatic carbocycles. The standard InChI is InChI=1S/C15H16N2O3/c1-20-10-2-3-13-11(6-10)12(15(18)19)7-14(17-13)9-4-5-16-8-9/h2-3,6-7,9,16H,4-5,8H2,1H3,(H,18,19). The zero-order valence-electron chi connectivity index (χ0n) is 11.2. The van der Waals surface area contributed by atoms with Crippen LogP contribution >= 0.6 is 0 Å². The maximum absolute atomic E-state index is 11.5. The number of nitrogens with one attached hydrogen (secondary N) is 1. The largest absolute Gasteiger partial charge is 0.497 e. The van der Waals surface area contributed by atoms with E-state index < -0.39 is 5.97 Å². The van der Waals surface area contributed by atoms with E-state index in [-0.39, 0.29) is 5.56 Å². The Labute approximate surface area is 116 Å². The third kappa shape index (κ3) is 2.20. The number of ether oxygens (including phenoxy) is 1. The molecule has 0 spiro atoms. The number of pyridine rings is 1. The van der Waals surface area contributed by atoms with Crippen LogP contribution in [-0.4, -0.2) is 36.3 Å². The van der Waals surface area contributed by atoms with Crippen molar-refractivity contribution in [1.29, 1.82) is 0 Å². The highest BCUT2D eigenvalue weighted by molar-refractivity contribution is 6.03. The van der Waals surface area contributed by atoms with Crippen LogP contribution in [0.2, 0.25) is 0 Å². The van der Waals surface area contributed by atoms with Crippen molar-refractivity contribution in [3.05, 3.63) is 35.5 Å². The summed E-state index contributed by atoms with van der Waals surface area (Å²) in [7, 11) is 1.56. The molecule has 2 N–H and O–H groups in total. The minimum Gasteiger partial charge on any atom is -0.497 e. The molecule has 0 amide bonds. The van der Waals surface area contributed by atoms with Crippen molar-refractivity contribution in [2.24, 2.45) is 0 Å². The van der Waals surface area contributed by atoms with E-state index in [4.69, 9.17) is 4.74 Å². The van der Waals surface area contributed by atoms with E-state index in [1.165, 1.54) is 0 Å². The van der Waals surface area contributed by atoms with Crippen molar-refractivity contribution in [3.63, 3.8) is 0 Å². The summed E-state index contributed by atoms with van der Waals surface area (Å²) in [6.07, 6.45) is 0.994. The Morgan fingerprint density at radius 2 is 2.30 bits per heavy atom. The molecular formula is C15H16N2O3. The molecule has 0 saturated carbocycles. The molecule has 104 valence electrons. The average Bonchev–Trinajstić information content (AvgIpc) is 2.99. The van der Waals surface area contributed by atoms with Gasteiger partial charge < -0.3 is 15.2 Å². The van der Waals surface area contributed by atoms with Crippen LogP contribution in [0.4, 0.5) is 0 Å². The lowest BCUT2D eigenvalue weighted by molar-refractivity contribution is 0.0699. The van der Waals surface area contributed by atoms with Crippen molar-refractivity contribution in [3.8, 4) is 5.75 Å². The van der Waals surface area contributed by atoms with E-state index in [9.17, 15) is 9.90 Å². The first kappa shape index (κ1) is 12.9. The molecule has 2 aromatic rings. The summed E-state index contributed by atoms with van der Waals surface area (Å²) >= 11 is 0. The highest BCUT2D eigenvalue weighted by Gasteiger charge is 2.21. The Morgan fingerprint density at radius 1 is 1.45 bits per heavy atom. The van der Waals surface area contributed by atoms with Gasteiger partial charge in [0.05, 0.1) is 18.2 Å². The van der Waals surface area contributed by atoms with Gasteiger partial charge in [0, 0.05) is 23.5 Å². The van der Waals surface area contributed by atoms with Gasteiger partial charge in [0.1, 0.15) is 5.75 Å². The van der Waals surface area contributed by atoms with Crippen molar-refractivity contribution < 1.29 is 14.6 Å². The molecule has 3 rings (SSSR count). The number of hydrogen-bond donors (Lipinski definition) is 2. The van der Waals surface area contributed by atoms with Gasteiger partial charge >= 0.3 is 5.97 Å². The quantitative estimate of drug-likeness (QED) is 0.894. The zero-order valence-corrected chi connectivity index (χ0v) is 11.2. The molecule has 1 fully saturated rings. The number of carboxylic acid groups (broad SMARTS) is 1. The number of hydrogen-bond acceptors (Lipinski definition) is 4. The summed E-state index contributed by atoms with van der Waals surface area (Å²) in [5.74, 6) is -0.00505. The summed E-state index contributed by atoms with van der Waals surface area (Å²) in [5, 5.41) is 13.3. The van der Waals surface area contributed by atoms with Crippen LogP contribution in [0.25, 0.3) is 10.9 Å². The number of carbonyl (C=O) groups is 1. The van der Waals surface area contributed by atoms with Gasteiger partial charge in [-0.2, -0.15) is 0 Å². The molecule has 5 heteroatoms. The molecule has 0 aliphatic carbocycles. The van der Waals surface area contributed by atoms with E-state index >= 15 is 0 Å². The van der Waals surface area contributed by atoms with Gasteiger partial charge in [-0.25, -0.2) is 4.79 Å². The van der Waals surface area contributed by atoms with Gasteiger partial charge in [-0.3, -0.25) is 4.98 Å².